The fourth-order valence-corrected chi connectivity index (χ4v) is 2.40. The molecule has 0 fully saturated rings. The van der Waals surface area contributed by atoms with E-state index in [4.69, 9.17) is 5.73 Å². The number of anilines is 1. The van der Waals surface area contributed by atoms with E-state index in [1.54, 1.807) is 17.5 Å². The number of ether oxygens (including phenoxy) is 1. The largest absolute Gasteiger partial charge is 0.465 e. The Bertz CT molecular complexity index is 658. The molecule has 1 unspecified atom stereocenters. The average molecular weight is 308 g/mol. The van der Waals surface area contributed by atoms with Gasteiger partial charge in [0.15, 0.2) is 0 Å². The van der Waals surface area contributed by atoms with Crippen molar-refractivity contribution in [2.75, 3.05) is 12.4 Å². The maximum atomic E-state index is 13.7. The molecule has 2 rings (SSSR count). The van der Waals surface area contributed by atoms with E-state index in [2.05, 4.69) is 10.1 Å². The first-order chi connectivity index (χ1) is 10.0. The number of benzene rings is 1. The highest BCUT2D eigenvalue weighted by Gasteiger charge is 2.19. The third-order valence-corrected chi connectivity index (χ3v) is 3.73. The molecule has 110 valence electrons. The molecule has 1 heterocycles. The first kappa shape index (κ1) is 15.1. The smallest absolute Gasteiger partial charge is 0.337 e. The van der Waals surface area contributed by atoms with Gasteiger partial charge in [0.25, 0.3) is 0 Å². The number of hydrogen-bond donors (Lipinski definition) is 2. The summed E-state index contributed by atoms with van der Waals surface area (Å²) in [6.07, 6.45) is 0. The number of rotatable bonds is 4. The number of halogens is 1. The van der Waals surface area contributed by atoms with Crippen LogP contribution in [0, 0.1) is 5.82 Å². The van der Waals surface area contributed by atoms with Crippen molar-refractivity contribution < 1.29 is 18.7 Å². The van der Waals surface area contributed by atoms with Crippen LogP contribution in [-0.4, -0.2) is 19.0 Å². The van der Waals surface area contributed by atoms with Crippen LogP contribution < -0.4 is 11.1 Å². The molecule has 3 N–H and O–H groups in total. The van der Waals surface area contributed by atoms with E-state index in [0.717, 1.165) is 6.07 Å². The number of amides is 1. The van der Waals surface area contributed by atoms with Crippen LogP contribution in [0.3, 0.4) is 0 Å². The molecule has 0 aliphatic heterocycles. The topological polar surface area (TPSA) is 81.4 Å². The zero-order valence-corrected chi connectivity index (χ0v) is 11.9. The van der Waals surface area contributed by atoms with E-state index in [9.17, 15) is 14.0 Å². The van der Waals surface area contributed by atoms with Crippen LogP contribution in [0.5, 0.6) is 0 Å². The Morgan fingerprint density at radius 3 is 2.76 bits per heavy atom. The highest BCUT2D eigenvalue weighted by atomic mass is 32.1. The molecular formula is C14H13FN2O3S. The summed E-state index contributed by atoms with van der Waals surface area (Å²) in [7, 11) is 1.22. The van der Waals surface area contributed by atoms with Gasteiger partial charge < -0.3 is 15.8 Å². The van der Waals surface area contributed by atoms with Crippen molar-refractivity contribution in [3.05, 3.63) is 52.0 Å². The van der Waals surface area contributed by atoms with E-state index >= 15 is 0 Å². The normalized spacial score (nSPS) is 11.8. The lowest BCUT2D eigenvalue weighted by molar-refractivity contribution is -0.117. The molecule has 0 radical (unpaired) electrons. The third kappa shape index (κ3) is 3.45. The molecule has 0 bridgehead atoms. The zero-order valence-electron chi connectivity index (χ0n) is 11.1. The average Bonchev–Trinajstić information content (AvgIpc) is 3.02. The van der Waals surface area contributed by atoms with Crippen molar-refractivity contribution in [2.45, 2.75) is 6.04 Å². The number of nitrogens with one attached hydrogen (secondary N) is 1. The van der Waals surface area contributed by atoms with E-state index < -0.39 is 23.7 Å². The summed E-state index contributed by atoms with van der Waals surface area (Å²) in [6.45, 7) is 0. The number of nitrogens with two attached hydrogens (primary N) is 1. The summed E-state index contributed by atoms with van der Waals surface area (Å²) in [4.78, 5) is 24.1. The molecule has 1 amide bonds. The van der Waals surface area contributed by atoms with E-state index in [-0.39, 0.29) is 11.3 Å². The second-order valence-electron chi connectivity index (χ2n) is 4.17. The van der Waals surface area contributed by atoms with Crippen LogP contribution in [0.15, 0.2) is 35.7 Å². The Kier molecular flexibility index (Phi) is 4.66. The molecule has 1 aromatic heterocycles. The van der Waals surface area contributed by atoms with Gasteiger partial charge in [-0.2, -0.15) is 0 Å². The lowest BCUT2D eigenvalue weighted by Gasteiger charge is -2.12. The second-order valence-corrected chi connectivity index (χ2v) is 5.15. The van der Waals surface area contributed by atoms with Crippen molar-refractivity contribution in [2.24, 2.45) is 5.73 Å². The molecule has 0 aliphatic rings. The molecule has 5 nitrogen and oxygen atoms in total. The van der Waals surface area contributed by atoms with Crippen LogP contribution in [0.4, 0.5) is 10.1 Å². The summed E-state index contributed by atoms with van der Waals surface area (Å²) < 4.78 is 18.2. The minimum Gasteiger partial charge on any atom is -0.465 e. The molecule has 1 atom stereocenters. The van der Waals surface area contributed by atoms with E-state index in [1.165, 1.54) is 30.6 Å². The zero-order chi connectivity index (χ0) is 15.4. The molecule has 21 heavy (non-hydrogen) atoms. The molecule has 0 saturated heterocycles. The lowest BCUT2D eigenvalue weighted by Crippen LogP contribution is -2.27. The van der Waals surface area contributed by atoms with Gasteiger partial charge in [-0.15, -0.1) is 11.3 Å². The maximum absolute atomic E-state index is 13.7. The van der Waals surface area contributed by atoms with Crippen LogP contribution in [0.1, 0.15) is 21.3 Å². The van der Waals surface area contributed by atoms with Gasteiger partial charge in [0.05, 0.1) is 18.4 Å². The Morgan fingerprint density at radius 1 is 1.38 bits per heavy atom. The maximum Gasteiger partial charge on any atom is 0.337 e. The summed E-state index contributed by atoms with van der Waals surface area (Å²) in [5.41, 5.74) is 5.81. The van der Waals surface area contributed by atoms with E-state index in [0.29, 0.717) is 4.88 Å². The monoisotopic (exact) mass is 308 g/mol. The molecule has 0 aliphatic carbocycles. The number of hydrogen-bond acceptors (Lipinski definition) is 5. The van der Waals surface area contributed by atoms with Gasteiger partial charge in [-0.3, -0.25) is 4.79 Å². The van der Waals surface area contributed by atoms with Crippen LogP contribution in [0.2, 0.25) is 0 Å². The number of carbonyl (C=O) groups is 2. The first-order valence-corrected chi connectivity index (χ1v) is 6.88. The third-order valence-electron chi connectivity index (χ3n) is 2.78. The molecule has 2 aromatic rings. The SMILES string of the molecule is COC(=O)c1ccc(F)c(NC(=O)C(N)c2cccs2)c1. The van der Waals surface area contributed by atoms with Gasteiger partial charge in [0.1, 0.15) is 11.9 Å². The lowest BCUT2D eigenvalue weighted by atomic mass is 10.1. The molecular weight excluding hydrogens is 295 g/mol. The van der Waals surface area contributed by atoms with E-state index in [1.807, 2.05) is 0 Å². The summed E-state index contributed by atoms with van der Waals surface area (Å²) in [5, 5.41) is 4.17. The van der Waals surface area contributed by atoms with Gasteiger partial charge in [-0.1, -0.05) is 6.07 Å². The molecule has 7 heteroatoms. The van der Waals surface area contributed by atoms with Crippen molar-refractivity contribution in [3.63, 3.8) is 0 Å². The first-order valence-electron chi connectivity index (χ1n) is 6.00. The predicted octanol–water partition coefficient (Wildman–Crippen LogP) is 2.31. The fraction of sp³-hybridized carbons (Fsp3) is 0.143. The summed E-state index contributed by atoms with van der Waals surface area (Å²) >= 11 is 1.33. The number of esters is 1. The van der Waals surface area contributed by atoms with Crippen molar-refractivity contribution in [3.8, 4) is 0 Å². The fourth-order valence-electron chi connectivity index (χ4n) is 1.67. The number of carbonyl (C=O) groups excluding carboxylic acids is 2. The van der Waals surface area contributed by atoms with Gasteiger partial charge >= 0.3 is 5.97 Å². The molecule has 0 saturated carbocycles. The van der Waals surface area contributed by atoms with Gasteiger partial charge in [0, 0.05) is 4.88 Å². The van der Waals surface area contributed by atoms with Crippen molar-refractivity contribution >= 4 is 28.9 Å². The van der Waals surface area contributed by atoms with Crippen LogP contribution in [-0.2, 0) is 9.53 Å². The summed E-state index contributed by atoms with van der Waals surface area (Å²) in [6, 6.07) is 6.16. The van der Waals surface area contributed by atoms with Crippen molar-refractivity contribution in [1.82, 2.24) is 0 Å². The minimum atomic E-state index is -0.897. The quantitative estimate of drug-likeness (QED) is 0.849. The Morgan fingerprint density at radius 2 is 2.14 bits per heavy atom. The Balaban J connectivity index is 2.19. The number of thiophene rings is 1. The Labute approximate surface area is 124 Å². The second kappa shape index (κ2) is 6.47. The van der Waals surface area contributed by atoms with Crippen molar-refractivity contribution in [1.29, 1.82) is 0 Å². The predicted molar refractivity (Wildman–Crippen MR) is 77.6 cm³/mol. The Hall–Kier alpha value is -2.25. The molecule has 0 spiro atoms. The molecule has 1 aromatic carbocycles. The van der Waals surface area contributed by atoms with Gasteiger partial charge in [-0.25, -0.2) is 9.18 Å². The standard InChI is InChI=1S/C14H13FN2O3S/c1-20-14(19)8-4-5-9(15)10(7-8)17-13(18)12(16)11-3-2-6-21-11/h2-7,12H,16H2,1H3,(H,17,18). The summed E-state index contributed by atoms with van der Waals surface area (Å²) in [5.74, 6) is -1.83. The number of methoxy groups -OCH3 is 1. The van der Waals surface area contributed by atoms with Gasteiger partial charge in [-0.05, 0) is 29.6 Å². The van der Waals surface area contributed by atoms with Crippen LogP contribution >= 0.6 is 11.3 Å². The van der Waals surface area contributed by atoms with Crippen LogP contribution in [0.25, 0.3) is 0 Å². The van der Waals surface area contributed by atoms with Gasteiger partial charge in [0.2, 0.25) is 5.91 Å². The highest BCUT2D eigenvalue weighted by Crippen LogP contribution is 2.21. The highest BCUT2D eigenvalue weighted by molar-refractivity contribution is 7.10. The minimum absolute atomic E-state index is 0.116.